The Morgan fingerprint density at radius 3 is 2.43 bits per heavy atom. The molecular weight excluding hydrogens is 386 g/mol. The molecule has 3 rings (SSSR count). The van der Waals surface area contributed by atoms with Crippen molar-refractivity contribution in [1.82, 2.24) is 0 Å². The molecule has 1 saturated heterocycles. The van der Waals surface area contributed by atoms with Crippen LogP contribution in [0.2, 0.25) is 0 Å². The van der Waals surface area contributed by atoms with Crippen LogP contribution in [0.4, 0.5) is 17.1 Å². The van der Waals surface area contributed by atoms with E-state index in [4.69, 9.17) is 14.2 Å². The summed E-state index contributed by atoms with van der Waals surface area (Å²) in [5.41, 5.74) is 1.97. The van der Waals surface area contributed by atoms with Crippen molar-refractivity contribution >= 4 is 28.9 Å². The average molecular weight is 413 g/mol. The van der Waals surface area contributed by atoms with Crippen LogP contribution in [0.1, 0.15) is 19.8 Å². The van der Waals surface area contributed by atoms with Crippen molar-refractivity contribution in [1.29, 1.82) is 0 Å². The summed E-state index contributed by atoms with van der Waals surface area (Å²) in [5, 5.41) is 6.02. The molecule has 160 valence electrons. The summed E-state index contributed by atoms with van der Waals surface area (Å²) < 4.78 is 16.0. The summed E-state index contributed by atoms with van der Waals surface area (Å²) in [5.74, 6) is 1.59. The maximum atomic E-state index is 12.7. The van der Waals surface area contributed by atoms with E-state index < -0.39 is 6.04 Å². The van der Waals surface area contributed by atoms with Crippen LogP contribution in [-0.2, 0) is 9.59 Å². The van der Waals surface area contributed by atoms with Gasteiger partial charge >= 0.3 is 0 Å². The van der Waals surface area contributed by atoms with Gasteiger partial charge in [0.2, 0.25) is 11.8 Å². The highest BCUT2D eigenvalue weighted by Crippen LogP contribution is 2.34. The number of nitrogens with zero attached hydrogens (tertiary/aromatic N) is 1. The standard InChI is InChI=1S/C22H27N3O5/c1-14(22(27)24-17-13-16(28-2)8-10-19(17)29-3)23-15-7-9-18(20(12-15)30-4)25-11-5-6-21(25)26/h7-10,12-14,23H,5-6,11H2,1-4H3,(H,24,27). The Hall–Kier alpha value is -3.42. The molecule has 30 heavy (non-hydrogen) atoms. The third-order valence-electron chi connectivity index (χ3n) is 4.98. The SMILES string of the molecule is COc1ccc(OC)c(NC(=O)C(C)Nc2ccc(N3CCCC3=O)c(OC)c2)c1. The van der Waals surface area contributed by atoms with Crippen LogP contribution in [0.15, 0.2) is 36.4 Å². The number of ether oxygens (including phenoxy) is 3. The fourth-order valence-corrected chi connectivity index (χ4v) is 3.36. The molecule has 0 aromatic heterocycles. The van der Waals surface area contributed by atoms with Crippen LogP contribution >= 0.6 is 0 Å². The van der Waals surface area contributed by atoms with E-state index in [1.165, 1.54) is 7.11 Å². The third-order valence-corrected chi connectivity index (χ3v) is 4.98. The van der Waals surface area contributed by atoms with E-state index in [1.54, 1.807) is 50.3 Å². The largest absolute Gasteiger partial charge is 0.497 e. The van der Waals surface area contributed by atoms with Crippen LogP contribution in [0, 0.1) is 0 Å². The van der Waals surface area contributed by atoms with Crippen LogP contribution in [0.3, 0.4) is 0 Å². The van der Waals surface area contributed by atoms with Gasteiger partial charge in [-0.1, -0.05) is 0 Å². The first kappa shape index (κ1) is 21.3. The molecule has 0 bridgehead atoms. The van der Waals surface area contributed by atoms with Gasteiger partial charge in [0, 0.05) is 30.8 Å². The van der Waals surface area contributed by atoms with Gasteiger partial charge in [0.05, 0.1) is 32.7 Å². The lowest BCUT2D eigenvalue weighted by molar-refractivity contribution is -0.117. The normalized spacial score (nSPS) is 14.3. The van der Waals surface area contributed by atoms with Gasteiger partial charge in [-0.2, -0.15) is 0 Å². The predicted octanol–water partition coefficient (Wildman–Crippen LogP) is 3.28. The number of rotatable bonds is 8. The highest BCUT2D eigenvalue weighted by molar-refractivity contribution is 5.98. The van der Waals surface area contributed by atoms with E-state index >= 15 is 0 Å². The monoisotopic (exact) mass is 413 g/mol. The molecule has 8 heteroatoms. The van der Waals surface area contributed by atoms with E-state index in [-0.39, 0.29) is 11.8 Å². The van der Waals surface area contributed by atoms with Gasteiger partial charge in [-0.25, -0.2) is 0 Å². The number of amides is 2. The Morgan fingerprint density at radius 1 is 1.03 bits per heavy atom. The number of methoxy groups -OCH3 is 3. The first-order valence-corrected chi connectivity index (χ1v) is 9.74. The first-order chi connectivity index (χ1) is 14.5. The van der Waals surface area contributed by atoms with Gasteiger partial charge in [0.25, 0.3) is 0 Å². The summed E-state index contributed by atoms with van der Waals surface area (Å²) in [7, 11) is 4.66. The highest BCUT2D eigenvalue weighted by Gasteiger charge is 2.25. The van der Waals surface area contributed by atoms with Crippen molar-refractivity contribution in [3.8, 4) is 17.2 Å². The summed E-state index contributed by atoms with van der Waals surface area (Å²) >= 11 is 0. The molecule has 1 aliphatic rings. The third kappa shape index (κ3) is 4.59. The van der Waals surface area contributed by atoms with E-state index in [0.29, 0.717) is 41.6 Å². The maximum absolute atomic E-state index is 12.7. The minimum Gasteiger partial charge on any atom is -0.497 e. The lowest BCUT2D eigenvalue weighted by Crippen LogP contribution is -2.32. The lowest BCUT2D eigenvalue weighted by atomic mass is 10.2. The highest BCUT2D eigenvalue weighted by atomic mass is 16.5. The molecule has 2 N–H and O–H groups in total. The van der Waals surface area contributed by atoms with E-state index in [2.05, 4.69) is 10.6 Å². The lowest BCUT2D eigenvalue weighted by Gasteiger charge is -2.21. The van der Waals surface area contributed by atoms with Gasteiger partial charge in [0.15, 0.2) is 0 Å². The Balaban J connectivity index is 1.72. The molecule has 1 heterocycles. The zero-order valence-electron chi connectivity index (χ0n) is 17.7. The minimum atomic E-state index is -0.537. The quantitative estimate of drug-likeness (QED) is 0.690. The van der Waals surface area contributed by atoms with E-state index in [0.717, 1.165) is 12.1 Å². The number of hydrogen-bond donors (Lipinski definition) is 2. The molecule has 1 fully saturated rings. The molecule has 8 nitrogen and oxygen atoms in total. The predicted molar refractivity (Wildman–Crippen MR) is 116 cm³/mol. The molecule has 0 saturated carbocycles. The molecule has 0 radical (unpaired) electrons. The average Bonchev–Trinajstić information content (AvgIpc) is 3.19. The minimum absolute atomic E-state index is 0.0917. The molecule has 0 spiro atoms. The van der Waals surface area contributed by atoms with Crippen molar-refractivity contribution < 1.29 is 23.8 Å². The van der Waals surface area contributed by atoms with Gasteiger partial charge in [0.1, 0.15) is 23.3 Å². The number of carbonyl (C=O) groups excluding carboxylic acids is 2. The van der Waals surface area contributed by atoms with Gasteiger partial charge in [-0.05, 0) is 37.6 Å². The molecule has 1 aliphatic heterocycles. The van der Waals surface area contributed by atoms with E-state index in [1.807, 2.05) is 12.1 Å². The number of carbonyl (C=O) groups is 2. The van der Waals surface area contributed by atoms with Crippen molar-refractivity contribution in [2.75, 3.05) is 43.4 Å². The Bertz CT molecular complexity index is 931. The van der Waals surface area contributed by atoms with Gasteiger partial charge < -0.3 is 29.7 Å². The maximum Gasteiger partial charge on any atom is 0.246 e. The number of nitrogens with one attached hydrogen (secondary N) is 2. The Labute approximate surface area is 176 Å². The van der Waals surface area contributed by atoms with E-state index in [9.17, 15) is 9.59 Å². The fraction of sp³-hybridized carbons (Fsp3) is 0.364. The number of benzene rings is 2. The summed E-state index contributed by atoms with van der Waals surface area (Å²) in [6, 6.07) is 10.1. The van der Waals surface area contributed by atoms with Crippen LogP contribution in [0.5, 0.6) is 17.2 Å². The topological polar surface area (TPSA) is 89.1 Å². The first-order valence-electron chi connectivity index (χ1n) is 9.74. The number of hydrogen-bond acceptors (Lipinski definition) is 6. The van der Waals surface area contributed by atoms with Crippen molar-refractivity contribution in [3.05, 3.63) is 36.4 Å². The second kappa shape index (κ2) is 9.39. The van der Waals surface area contributed by atoms with Crippen molar-refractivity contribution in [3.63, 3.8) is 0 Å². The Morgan fingerprint density at radius 2 is 1.80 bits per heavy atom. The number of anilines is 3. The molecule has 1 unspecified atom stereocenters. The Kier molecular flexibility index (Phi) is 6.66. The van der Waals surface area contributed by atoms with Crippen LogP contribution in [0.25, 0.3) is 0 Å². The molecule has 1 atom stereocenters. The van der Waals surface area contributed by atoms with Crippen LogP contribution in [-0.4, -0.2) is 45.7 Å². The second-order valence-electron chi connectivity index (χ2n) is 6.96. The van der Waals surface area contributed by atoms with Gasteiger partial charge in [-0.15, -0.1) is 0 Å². The summed E-state index contributed by atoms with van der Waals surface area (Å²) in [4.78, 5) is 26.5. The summed E-state index contributed by atoms with van der Waals surface area (Å²) in [6.45, 7) is 2.44. The van der Waals surface area contributed by atoms with Crippen molar-refractivity contribution in [2.45, 2.75) is 25.8 Å². The second-order valence-corrected chi connectivity index (χ2v) is 6.96. The molecule has 0 aliphatic carbocycles. The van der Waals surface area contributed by atoms with Crippen LogP contribution < -0.4 is 29.7 Å². The fourth-order valence-electron chi connectivity index (χ4n) is 3.36. The smallest absolute Gasteiger partial charge is 0.246 e. The molecule has 2 aromatic rings. The van der Waals surface area contributed by atoms with Crippen molar-refractivity contribution in [2.24, 2.45) is 0 Å². The zero-order valence-corrected chi connectivity index (χ0v) is 17.7. The zero-order chi connectivity index (χ0) is 21.7. The molecule has 2 amide bonds. The summed E-state index contributed by atoms with van der Waals surface area (Å²) in [6.07, 6.45) is 1.39. The molecule has 2 aromatic carbocycles. The van der Waals surface area contributed by atoms with Gasteiger partial charge in [-0.3, -0.25) is 9.59 Å². The molecular formula is C22H27N3O5.